The van der Waals surface area contributed by atoms with Crippen LogP contribution >= 0.6 is 24.0 Å². The molecule has 0 radical (unpaired) electrons. The van der Waals surface area contributed by atoms with Gasteiger partial charge in [0, 0.05) is 43.7 Å². The highest BCUT2D eigenvalue weighted by molar-refractivity contribution is 14.0. The Bertz CT molecular complexity index is 1030. The van der Waals surface area contributed by atoms with E-state index < -0.39 is 0 Å². The van der Waals surface area contributed by atoms with E-state index in [1.165, 1.54) is 12.1 Å². The third kappa shape index (κ3) is 7.26. The lowest BCUT2D eigenvalue weighted by molar-refractivity contribution is 0.311. The lowest BCUT2D eigenvalue weighted by atomic mass is 10.2. The Labute approximate surface area is 204 Å². The fraction of sp³-hybridized carbons (Fsp3) is 0.217. The fourth-order valence-electron chi connectivity index (χ4n) is 2.75. The summed E-state index contributed by atoms with van der Waals surface area (Å²) in [5, 5.41) is 6.44. The largest absolute Gasteiger partial charge is 0.493 e. The van der Waals surface area contributed by atoms with Crippen molar-refractivity contribution in [1.29, 1.82) is 0 Å². The first-order valence-electron chi connectivity index (χ1n) is 9.78. The average Bonchev–Trinajstić information content (AvgIpc) is 2.78. The van der Waals surface area contributed by atoms with E-state index in [0.29, 0.717) is 42.2 Å². The number of ether oxygens (including phenoxy) is 3. The van der Waals surface area contributed by atoms with Crippen molar-refractivity contribution in [3.05, 3.63) is 72.2 Å². The topological polar surface area (TPSA) is 77.0 Å². The standard InChI is InChI=1S/C23H25FN4O3.HI/c1-4-30-20-10-9-18(13-21(20)29-3)28-23(25-2)27-15-16-8-11-22(26-14-16)31-19-7-5-6-17(24)12-19;/h5-14H,4,15H2,1-3H3,(H2,25,27,28);1H. The molecule has 2 aromatic carbocycles. The number of benzene rings is 2. The third-order valence-corrected chi connectivity index (χ3v) is 4.23. The Kier molecular flexibility index (Phi) is 9.99. The minimum Gasteiger partial charge on any atom is -0.493 e. The first-order valence-corrected chi connectivity index (χ1v) is 9.78. The second-order valence-electron chi connectivity index (χ2n) is 6.41. The highest BCUT2D eigenvalue weighted by Crippen LogP contribution is 2.30. The van der Waals surface area contributed by atoms with Crippen LogP contribution in [0.1, 0.15) is 12.5 Å². The smallest absolute Gasteiger partial charge is 0.219 e. The van der Waals surface area contributed by atoms with Crippen molar-refractivity contribution in [3.63, 3.8) is 0 Å². The van der Waals surface area contributed by atoms with Crippen LogP contribution in [0.4, 0.5) is 10.1 Å². The van der Waals surface area contributed by atoms with E-state index in [4.69, 9.17) is 14.2 Å². The van der Waals surface area contributed by atoms with Crippen molar-refractivity contribution in [3.8, 4) is 23.1 Å². The molecule has 9 heteroatoms. The number of pyridine rings is 1. The summed E-state index contributed by atoms with van der Waals surface area (Å²) in [6, 6.07) is 15.1. The zero-order chi connectivity index (χ0) is 22.1. The van der Waals surface area contributed by atoms with Gasteiger partial charge in [-0.15, -0.1) is 24.0 Å². The molecular weight excluding hydrogens is 526 g/mol. The van der Waals surface area contributed by atoms with Crippen LogP contribution in [0.25, 0.3) is 0 Å². The molecule has 0 spiro atoms. The van der Waals surface area contributed by atoms with E-state index >= 15 is 0 Å². The number of guanidine groups is 1. The molecule has 0 aliphatic rings. The fourth-order valence-corrected chi connectivity index (χ4v) is 2.75. The number of nitrogens with zero attached hydrogens (tertiary/aromatic N) is 2. The number of nitrogens with one attached hydrogen (secondary N) is 2. The quantitative estimate of drug-likeness (QED) is 0.227. The number of hydrogen-bond acceptors (Lipinski definition) is 5. The summed E-state index contributed by atoms with van der Waals surface area (Å²) in [7, 11) is 3.29. The van der Waals surface area contributed by atoms with Crippen LogP contribution in [-0.2, 0) is 6.54 Å². The van der Waals surface area contributed by atoms with Crippen molar-refractivity contribution < 1.29 is 18.6 Å². The molecule has 0 unspecified atom stereocenters. The molecular formula is C23H26FIN4O3. The molecule has 0 saturated heterocycles. The van der Waals surface area contributed by atoms with Gasteiger partial charge in [-0.3, -0.25) is 4.99 Å². The number of aromatic nitrogens is 1. The maximum atomic E-state index is 13.3. The summed E-state index contributed by atoms with van der Waals surface area (Å²) in [6.07, 6.45) is 1.69. The van der Waals surface area contributed by atoms with Gasteiger partial charge in [0.2, 0.25) is 5.88 Å². The second kappa shape index (κ2) is 12.7. The van der Waals surface area contributed by atoms with E-state index in [9.17, 15) is 4.39 Å². The van der Waals surface area contributed by atoms with E-state index in [2.05, 4.69) is 20.6 Å². The summed E-state index contributed by atoms with van der Waals surface area (Å²) in [4.78, 5) is 8.50. The van der Waals surface area contributed by atoms with Gasteiger partial charge in [-0.05, 0) is 36.8 Å². The lowest BCUT2D eigenvalue weighted by Gasteiger charge is -2.14. The molecule has 32 heavy (non-hydrogen) atoms. The number of methoxy groups -OCH3 is 1. The molecule has 7 nitrogen and oxygen atoms in total. The SMILES string of the molecule is CCOc1ccc(NC(=NC)NCc2ccc(Oc3cccc(F)c3)nc2)cc1OC.I. The van der Waals surface area contributed by atoms with Crippen LogP contribution in [0.5, 0.6) is 23.1 Å². The van der Waals surface area contributed by atoms with Gasteiger partial charge >= 0.3 is 0 Å². The van der Waals surface area contributed by atoms with Crippen LogP contribution in [-0.4, -0.2) is 31.7 Å². The van der Waals surface area contributed by atoms with Crippen LogP contribution in [0, 0.1) is 5.82 Å². The molecule has 0 bridgehead atoms. The molecule has 1 aromatic heterocycles. The maximum Gasteiger partial charge on any atom is 0.219 e. The Morgan fingerprint density at radius 2 is 1.94 bits per heavy atom. The molecule has 0 fully saturated rings. The Balaban J connectivity index is 0.00000363. The Morgan fingerprint density at radius 1 is 1.09 bits per heavy atom. The Morgan fingerprint density at radius 3 is 2.59 bits per heavy atom. The van der Waals surface area contributed by atoms with E-state index in [-0.39, 0.29) is 29.8 Å². The van der Waals surface area contributed by atoms with Gasteiger partial charge in [-0.2, -0.15) is 0 Å². The van der Waals surface area contributed by atoms with Crippen molar-refractivity contribution in [1.82, 2.24) is 10.3 Å². The van der Waals surface area contributed by atoms with E-state index in [1.807, 2.05) is 31.2 Å². The van der Waals surface area contributed by atoms with E-state index in [1.54, 1.807) is 38.6 Å². The van der Waals surface area contributed by atoms with Crippen LogP contribution in [0.2, 0.25) is 0 Å². The minimum atomic E-state index is -0.359. The van der Waals surface area contributed by atoms with Gasteiger partial charge in [0.15, 0.2) is 17.5 Å². The predicted octanol–water partition coefficient (Wildman–Crippen LogP) is 5.23. The normalized spacial score (nSPS) is 10.7. The summed E-state index contributed by atoms with van der Waals surface area (Å²) >= 11 is 0. The second-order valence-corrected chi connectivity index (χ2v) is 6.41. The number of halogens is 2. The first kappa shape index (κ1) is 25.2. The van der Waals surface area contributed by atoms with Crippen molar-refractivity contribution in [2.24, 2.45) is 4.99 Å². The molecule has 170 valence electrons. The highest BCUT2D eigenvalue weighted by atomic mass is 127. The Hall–Kier alpha value is -3.08. The van der Waals surface area contributed by atoms with Crippen molar-refractivity contribution in [2.75, 3.05) is 26.1 Å². The predicted molar refractivity (Wildman–Crippen MR) is 134 cm³/mol. The summed E-state index contributed by atoms with van der Waals surface area (Å²) in [5.41, 5.74) is 1.74. The summed E-state index contributed by atoms with van der Waals surface area (Å²) in [5.74, 6) is 2.34. The zero-order valence-corrected chi connectivity index (χ0v) is 20.4. The average molecular weight is 552 g/mol. The van der Waals surface area contributed by atoms with Gasteiger partial charge in [0.25, 0.3) is 0 Å². The molecule has 0 aliphatic heterocycles. The molecule has 0 atom stereocenters. The number of anilines is 1. The lowest BCUT2D eigenvalue weighted by Crippen LogP contribution is -2.30. The number of aliphatic imine (C=N–C) groups is 1. The van der Waals surface area contributed by atoms with Gasteiger partial charge < -0.3 is 24.8 Å². The van der Waals surface area contributed by atoms with Crippen molar-refractivity contribution in [2.45, 2.75) is 13.5 Å². The molecule has 0 aliphatic carbocycles. The van der Waals surface area contributed by atoms with Crippen LogP contribution in [0.3, 0.4) is 0 Å². The maximum absolute atomic E-state index is 13.3. The number of hydrogen-bond donors (Lipinski definition) is 2. The van der Waals surface area contributed by atoms with Gasteiger partial charge in [-0.1, -0.05) is 12.1 Å². The zero-order valence-electron chi connectivity index (χ0n) is 18.1. The molecule has 2 N–H and O–H groups in total. The van der Waals surface area contributed by atoms with E-state index in [0.717, 1.165) is 11.3 Å². The van der Waals surface area contributed by atoms with Gasteiger partial charge in [0.05, 0.1) is 13.7 Å². The highest BCUT2D eigenvalue weighted by Gasteiger charge is 2.07. The van der Waals surface area contributed by atoms with Gasteiger partial charge in [-0.25, -0.2) is 9.37 Å². The monoisotopic (exact) mass is 552 g/mol. The van der Waals surface area contributed by atoms with Crippen LogP contribution in [0.15, 0.2) is 65.8 Å². The molecule has 1 heterocycles. The first-order chi connectivity index (χ1) is 15.1. The molecule has 0 amide bonds. The molecule has 0 saturated carbocycles. The molecule has 3 rings (SSSR count). The summed E-state index contributed by atoms with van der Waals surface area (Å²) in [6.45, 7) is 2.99. The third-order valence-electron chi connectivity index (χ3n) is 4.23. The van der Waals surface area contributed by atoms with Gasteiger partial charge in [0.1, 0.15) is 11.6 Å². The van der Waals surface area contributed by atoms with Crippen LogP contribution < -0.4 is 24.8 Å². The molecule has 3 aromatic rings. The summed E-state index contributed by atoms with van der Waals surface area (Å²) < 4.78 is 29.7. The van der Waals surface area contributed by atoms with Crippen molar-refractivity contribution >= 4 is 35.6 Å². The number of rotatable bonds is 8. The minimum absolute atomic E-state index is 0.